The van der Waals surface area contributed by atoms with Crippen LogP contribution in [0.15, 0.2) is 72.8 Å². The number of carbonyl (C=O) groups is 3. The van der Waals surface area contributed by atoms with Crippen LogP contribution in [0, 0.1) is 16.0 Å². The molecule has 1 heterocycles. The lowest BCUT2D eigenvalue weighted by atomic mass is 9.84. The van der Waals surface area contributed by atoms with Crippen molar-refractivity contribution in [2.75, 3.05) is 4.90 Å². The molecule has 0 bridgehead atoms. The number of nitrogens with one attached hydrogen (secondary N) is 1. The molecular formula is C23H15Cl2N3O5. The number of ketones is 1. The first-order valence-electron chi connectivity index (χ1n) is 9.70. The molecule has 33 heavy (non-hydrogen) atoms. The van der Waals surface area contributed by atoms with E-state index in [-0.39, 0.29) is 16.9 Å². The highest BCUT2D eigenvalue weighted by molar-refractivity contribution is 6.31. The summed E-state index contributed by atoms with van der Waals surface area (Å²) in [6.45, 7) is 0. The zero-order valence-corrected chi connectivity index (χ0v) is 18.3. The fraction of sp³-hybridized carbons (Fsp3) is 0.0870. The van der Waals surface area contributed by atoms with Crippen molar-refractivity contribution >= 4 is 52.3 Å². The molecule has 10 heteroatoms. The molecule has 2 atom stereocenters. The van der Waals surface area contributed by atoms with Gasteiger partial charge in [-0.2, -0.15) is 0 Å². The van der Waals surface area contributed by atoms with Gasteiger partial charge in [-0.1, -0.05) is 35.3 Å². The summed E-state index contributed by atoms with van der Waals surface area (Å²) in [5.74, 6) is -2.58. The topological polar surface area (TPSA) is 110 Å². The minimum atomic E-state index is -1.32. The predicted molar refractivity (Wildman–Crippen MR) is 123 cm³/mol. The number of nitro benzene ring substituents is 1. The van der Waals surface area contributed by atoms with Crippen LogP contribution in [0.5, 0.6) is 0 Å². The number of hydrogen-bond donors (Lipinski definition) is 1. The number of carbonyl (C=O) groups excluding carboxylic acids is 3. The molecule has 0 saturated carbocycles. The highest BCUT2D eigenvalue weighted by Crippen LogP contribution is 2.34. The molecule has 8 nitrogen and oxygen atoms in total. The number of rotatable bonds is 5. The summed E-state index contributed by atoms with van der Waals surface area (Å²) in [6, 6.07) is 15.6. The van der Waals surface area contributed by atoms with Gasteiger partial charge in [-0.15, -0.1) is 0 Å². The maximum Gasteiger partial charge on any atom is 0.329 e. The van der Waals surface area contributed by atoms with Crippen molar-refractivity contribution < 1.29 is 19.3 Å². The minimum Gasteiger partial charge on any atom is -0.329 e. The van der Waals surface area contributed by atoms with Crippen molar-refractivity contribution in [1.29, 1.82) is 0 Å². The number of urea groups is 1. The Kier molecular flexibility index (Phi) is 6.13. The molecule has 1 fully saturated rings. The molecule has 3 aromatic carbocycles. The molecule has 1 aliphatic heterocycles. The van der Waals surface area contributed by atoms with E-state index in [4.69, 9.17) is 23.2 Å². The first-order valence-corrected chi connectivity index (χ1v) is 10.5. The van der Waals surface area contributed by atoms with E-state index in [1.54, 1.807) is 0 Å². The first kappa shape index (κ1) is 22.4. The Morgan fingerprint density at radius 3 is 1.97 bits per heavy atom. The normalized spacial score (nSPS) is 18.1. The van der Waals surface area contributed by atoms with Gasteiger partial charge >= 0.3 is 6.03 Å². The molecule has 0 unspecified atom stereocenters. The van der Waals surface area contributed by atoms with Crippen LogP contribution in [-0.4, -0.2) is 22.6 Å². The maximum absolute atomic E-state index is 13.5. The van der Waals surface area contributed by atoms with E-state index in [0.29, 0.717) is 15.6 Å². The third kappa shape index (κ3) is 4.44. The smallest absolute Gasteiger partial charge is 0.329 e. The minimum absolute atomic E-state index is 0.157. The van der Waals surface area contributed by atoms with Crippen LogP contribution < -0.4 is 10.2 Å². The first-order chi connectivity index (χ1) is 15.8. The van der Waals surface area contributed by atoms with Crippen molar-refractivity contribution in [2.24, 2.45) is 5.92 Å². The number of imide groups is 1. The van der Waals surface area contributed by atoms with Crippen molar-refractivity contribution in [2.45, 2.75) is 6.04 Å². The van der Waals surface area contributed by atoms with E-state index in [2.05, 4.69) is 5.32 Å². The number of halogens is 2. The molecule has 0 radical (unpaired) electrons. The van der Waals surface area contributed by atoms with Gasteiger partial charge in [0.05, 0.1) is 16.7 Å². The SMILES string of the molecule is O=C(c1ccc(Cl)cc1)[C@@H]1C(=O)N(c2ccc(Cl)cc2)C(=O)N[C@H]1c1ccc([N+](=O)[O-])cc1. The van der Waals surface area contributed by atoms with Gasteiger partial charge in [0.15, 0.2) is 5.78 Å². The summed E-state index contributed by atoms with van der Waals surface area (Å²) in [6.07, 6.45) is 0. The van der Waals surface area contributed by atoms with E-state index >= 15 is 0 Å². The highest BCUT2D eigenvalue weighted by Gasteiger charge is 2.46. The Hall–Kier alpha value is -3.75. The summed E-state index contributed by atoms with van der Waals surface area (Å²) in [5, 5.41) is 14.5. The van der Waals surface area contributed by atoms with E-state index in [1.165, 1.54) is 72.8 Å². The lowest BCUT2D eigenvalue weighted by Gasteiger charge is -2.37. The van der Waals surface area contributed by atoms with Crippen LogP contribution in [0.3, 0.4) is 0 Å². The molecule has 4 rings (SSSR count). The van der Waals surface area contributed by atoms with Crippen LogP contribution >= 0.6 is 23.2 Å². The quantitative estimate of drug-likeness (QED) is 0.232. The van der Waals surface area contributed by atoms with Crippen LogP contribution in [-0.2, 0) is 4.79 Å². The highest BCUT2D eigenvalue weighted by atomic mass is 35.5. The van der Waals surface area contributed by atoms with E-state index < -0.39 is 34.6 Å². The van der Waals surface area contributed by atoms with E-state index in [9.17, 15) is 24.5 Å². The standard InChI is InChI=1S/C23H15Cl2N3O5/c24-15-5-1-14(2-6-15)21(29)19-20(13-3-9-18(10-4-13)28(32)33)26-23(31)27(22(19)30)17-11-7-16(25)8-12-17/h1-12,19-20H,(H,26,31)/t19-,20+/m1/s1. The van der Waals surface area contributed by atoms with Crippen molar-refractivity contribution in [3.63, 3.8) is 0 Å². The largest absolute Gasteiger partial charge is 0.329 e. The zero-order chi connectivity index (χ0) is 23.7. The van der Waals surface area contributed by atoms with Crippen LogP contribution in [0.4, 0.5) is 16.2 Å². The van der Waals surface area contributed by atoms with Gasteiger partial charge in [-0.3, -0.25) is 19.7 Å². The molecule has 3 aromatic rings. The number of hydrogen-bond acceptors (Lipinski definition) is 5. The predicted octanol–water partition coefficient (Wildman–Crippen LogP) is 5.20. The number of Topliss-reactive ketones (excluding diaryl/α,β-unsaturated/α-hetero) is 1. The second-order valence-corrected chi connectivity index (χ2v) is 8.15. The van der Waals surface area contributed by atoms with Gasteiger partial charge in [-0.25, -0.2) is 9.69 Å². The van der Waals surface area contributed by atoms with Crippen molar-refractivity contribution in [3.8, 4) is 0 Å². The monoisotopic (exact) mass is 483 g/mol. The number of anilines is 1. The number of nitro groups is 1. The third-order valence-electron chi connectivity index (χ3n) is 5.26. The Balaban J connectivity index is 1.78. The molecule has 1 aliphatic rings. The Morgan fingerprint density at radius 2 is 1.42 bits per heavy atom. The number of nitrogens with zero attached hydrogens (tertiary/aromatic N) is 2. The van der Waals surface area contributed by atoms with Gasteiger partial charge in [0, 0.05) is 27.7 Å². The second kappa shape index (κ2) is 9.01. The molecule has 0 aliphatic carbocycles. The van der Waals surface area contributed by atoms with Gasteiger partial charge in [0.25, 0.3) is 5.69 Å². The Bertz CT molecular complexity index is 1240. The summed E-state index contributed by atoms with van der Waals surface area (Å²) in [7, 11) is 0. The number of benzene rings is 3. The zero-order valence-electron chi connectivity index (χ0n) is 16.8. The molecule has 3 amide bonds. The van der Waals surface area contributed by atoms with Crippen LogP contribution in [0.1, 0.15) is 22.0 Å². The average molecular weight is 484 g/mol. The van der Waals surface area contributed by atoms with Crippen LogP contribution in [0.2, 0.25) is 10.0 Å². The van der Waals surface area contributed by atoms with Gasteiger partial charge in [-0.05, 0) is 54.1 Å². The molecular weight excluding hydrogens is 469 g/mol. The number of non-ortho nitro benzene ring substituents is 1. The fourth-order valence-corrected chi connectivity index (χ4v) is 3.89. The fourth-order valence-electron chi connectivity index (χ4n) is 3.63. The number of amides is 3. The lowest BCUT2D eigenvalue weighted by Crippen LogP contribution is -2.58. The molecule has 1 N–H and O–H groups in total. The Labute approximate surface area is 197 Å². The van der Waals surface area contributed by atoms with Crippen molar-refractivity contribution in [3.05, 3.63) is 104 Å². The third-order valence-corrected chi connectivity index (χ3v) is 5.76. The van der Waals surface area contributed by atoms with Gasteiger partial charge in [0.1, 0.15) is 5.92 Å². The molecule has 0 aromatic heterocycles. The molecule has 1 saturated heterocycles. The lowest BCUT2D eigenvalue weighted by molar-refractivity contribution is -0.384. The second-order valence-electron chi connectivity index (χ2n) is 7.27. The van der Waals surface area contributed by atoms with Crippen LogP contribution in [0.25, 0.3) is 0 Å². The molecule has 0 spiro atoms. The van der Waals surface area contributed by atoms with Gasteiger partial charge < -0.3 is 5.32 Å². The Morgan fingerprint density at radius 1 is 0.879 bits per heavy atom. The summed E-state index contributed by atoms with van der Waals surface area (Å²) in [4.78, 5) is 51.2. The van der Waals surface area contributed by atoms with Gasteiger partial charge in [0.2, 0.25) is 5.91 Å². The summed E-state index contributed by atoms with van der Waals surface area (Å²) >= 11 is 11.8. The maximum atomic E-state index is 13.5. The van der Waals surface area contributed by atoms with Crippen molar-refractivity contribution in [1.82, 2.24) is 5.32 Å². The van der Waals surface area contributed by atoms with E-state index in [1.807, 2.05) is 0 Å². The van der Waals surface area contributed by atoms with E-state index in [0.717, 1.165) is 4.90 Å². The average Bonchev–Trinajstić information content (AvgIpc) is 2.80. The summed E-state index contributed by atoms with van der Waals surface area (Å²) < 4.78 is 0. The summed E-state index contributed by atoms with van der Waals surface area (Å²) in [5.41, 5.74) is 0.704. The molecule has 166 valence electrons.